The van der Waals surface area contributed by atoms with E-state index in [1.54, 1.807) is 24.3 Å². The third-order valence-electron chi connectivity index (χ3n) is 3.34. The number of carbonyl (C=O) groups is 1. The number of carbonyl (C=O) groups excluding carboxylic acids is 1. The average molecular weight is 306 g/mol. The van der Waals surface area contributed by atoms with Crippen LogP contribution in [0, 0.1) is 5.92 Å². The molecule has 1 saturated carbocycles. The fourth-order valence-electron chi connectivity index (χ4n) is 1.93. The van der Waals surface area contributed by atoms with Gasteiger partial charge in [0.15, 0.2) is 5.76 Å². The molecule has 2 aromatic rings. The number of rotatable bonds is 6. The quantitative estimate of drug-likeness (QED) is 0.886. The SMILES string of the molecule is O=C(NCC1CC1)c1ccc(COc2ccccc2Cl)o1. The summed E-state index contributed by atoms with van der Waals surface area (Å²) in [6, 6.07) is 10.6. The first kappa shape index (κ1) is 14.0. The van der Waals surface area contributed by atoms with Crippen molar-refractivity contribution in [2.75, 3.05) is 6.54 Å². The number of benzene rings is 1. The Morgan fingerprint density at radius 1 is 1.29 bits per heavy atom. The predicted molar refractivity (Wildman–Crippen MR) is 79.5 cm³/mol. The normalized spacial score (nSPS) is 14.0. The molecule has 1 aromatic heterocycles. The van der Waals surface area contributed by atoms with Gasteiger partial charge in [-0.05, 0) is 43.0 Å². The number of ether oxygens (including phenoxy) is 1. The number of para-hydroxylation sites is 1. The molecular formula is C16H16ClNO3. The van der Waals surface area contributed by atoms with Crippen LogP contribution < -0.4 is 10.1 Å². The molecule has 1 amide bonds. The maximum atomic E-state index is 11.9. The molecule has 110 valence electrons. The van der Waals surface area contributed by atoms with E-state index in [1.165, 1.54) is 12.8 Å². The van der Waals surface area contributed by atoms with Crippen molar-refractivity contribution in [3.05, 3.63) is 52.9 Å². The Kier molecular flexibility index (Phi) is 4.15. The monoisotopic (exact) mass is 305 g/mol. The molecule has 0 saturated heterocycles. The maximum absolute atomic E-state index is 11.9. The zero-order valence-corrected chi connectivity index (χ0v) is 12.2. The van der Waals surface area contributed by atoms with Crippen LogP contribution in [-0.4, -0.2) is 12.5 Å². The van der Waals surface area contributed by atoms with Gasteiger partial charge in [0.05, 0.1) is 5.02 Å². The summed E-state index contributed by atoms with van der Waals surface area (Å²) < 4.78 is 11.0. The van der Waals surface area contributed by atoms with Crippen molar-refractivity contribution in [3.8, 4) is 5.75 Å². The van der Waals surface area contributed by atoms with E-state index in [1.807, 2.05) is 12.1 Å². The number of halogens is 1. The second-order valence-corrected chi connectivity index (χ2v) is 5.55. The molecule has 0 atom stereocenters. The molecule has 1 aliphatic rings. The molecule has 1 aromatic carbocycles. The summed E-state index contributed by atoms with van der Waals surface area (Å²) in [5, 5.41) is 3.41. The van der Waals surface area contributed by atoms with Crippen molar-refractivity contribution in [1.82, 2.24) is 5.32 Å². The van der Waals surface area contributed by atoms with E-state index in [-0.39, 0.29) is 12.5 Å². The first-order valence-corrected chi connectivity index (χ1v) is 7.34. The highest BCUT2D eigenvalue weighted by molar-refractivity contribution is 6.32. The number of hydrogen-bond donors (Lipinski definition) is 1. The van der Waals surface area contributed by atoms with Crippen LogP contribution in [0.1, 0.15) is 29.2 Å². The molecule has 5 heteroatoms. The van der Waals surface area contributed by atoms with E-state index in [9.17, 15) is 4.79 Å². The van der Waals surface area contributed by atoms with Gasteiger partial charge in [-0.1, -0.05) is 23.7 Å². The highest BCUT2D eigenvalue weighted by Gasteiger charge is 2.22. The molecule has 3 rings (SSSR count). The second-order valence-electron chi connectivity index (χ2n) is 5.14. The predicted octanol–water partition coefficient (Wildman–Crippen LogP) is 3.65. The van der Waals surface area contributed by atoms with E-state index in [4.69, 9.17) is 20.8 Å². The summed E-state index contributed by atoms with van der Waals surface area (Å²) in [7, 11) is 0. The van der Waals surface area contributed by atoms with Crippen LogP contribution in [0.5, 0.6) is 5.75 Å². The van der Waals surface area contributed by atoms with Crippen molar-refractivity contribution >= 4 is 17.5 Å². The van der Waals surface area contributed by atoms with E-state index in [0.29, 0.717) is 28.2 Å². The Morgan fingerprint density at radius 2 is 2.10 bits per heavy atom. The lowest BCUT2D eigenvalue weighted by molar-refractivity contribution is 0.0920. The minimum atomic E-state index is -0.175. The van der Waals surface area contributed by atoms with Crippen molar-refractivity contribution in [2.45, 2.75) is 19.4 Å². The van der Waals surface area contributed by atoms with Crippen LogP contribution in [0.4, 0.5) is 0 Å². The van der Waals surface area contributed by atoms with Gasteiger partial charge in [0, 0.05) is 6.54 Å². The fraction of sp³-hybridized carbons (Fsp3) is 0.312. The smallest absolute Gasteiger partial charge is 0.287 e. The largest absolute Gasteiger partial charge is 0.484 e. The van der Waals surface area contributed by atoms with Crippen LogP contribution in [-0.2, 0) is 6.61 Å². The molecule has 1 heterocycles. The summed E-state index contributed by atoms with van der Waals surface area (Å²) in [6.07, 6.45) is 2.41. The molecular weight excluding hydrogens is 290 g/mol. The number of hydrogen-bond acceptors (Lipinski definition) is 3. The van der Waals surface area contributed by atoms with Crippen LogP contribution >= 0.6 is 11.6 Å². The number of amides is 1. The highest BCUT2D eigenvalue weighted by Crippen LogP contribution is 2.27. The summed E-state index contributed by atoms with van der Waals surface area (Å²) in [4.78, 5) is 11.9. The zero-order chi connectivity index (χ0) is 14.7. The molecule has 21 heavy (non-hydrogen) atoms. The van der Waals surface area contributed by atoms with E-state index < -0.39 is 0 Å². The Bertz CT molecular complexity index is 634. The minimum absolute atomic E-state index is 0.175. The molecule has 1 aliphatic carbocycles. The lowest BCUT2D eigenvalue weighted by Crippen LogP contribution is -2.24. The molecule has 0 spiro atoms. The molecule has 0 bridgehead atoms. The van der Waals surface area contributed by atoms with Gasteiger partial charge in [-0.2, -0.15) is 0 Å². The van der Waals surface area contributed by atoms with Crippen LogP contribution in [0.15, 0.2) is 40.8 Å². The van der Waals surface area contributed by atoms with Crippen molar-refractivity contribution in [3.63, 3.8) is 0 Å². The fourth-order valence-corrected chi connectivity index (χ4v) is 2.12. The highest BCUT2D eigenvalue weighted by atomic mass is 35.5. The van der Waals surface area contributed by atoms with Gasteiger partial charge in [-0.3, -0.25) is 4.79 Å². The summed E-state index contributed by atoms with van der Waals surface area (Å²) in [6.45, 7) is 0.963. The van der Waals surface area contributed by atoms with Crippen molar-refractivity contribution < 1.29 is 13.9 Å². The Labute approximate surface area is 128 Å². The summed E-state index contributed by atoms with van der Waals surface area (Å²) in [5.74, 6) is 1.97. The van der Waals surface area contributed by atoms with Crippen molar-refractivity contribution in [2.24, 2.45) is 5.92 Å². The third kappa shape index (κ3) is 3.79. The standard InChI is InChI=1S/C16H16ClNO3/c17-13-3-1-2-4-14(13)20-10-12-7-8-15(21-12)16(19)18-9-11-5-6-11/h1-4,7-8,11H,5-6,9-10H2,(H,18,19). The van der Waals surface area contributed by atoms with E-state index >= 15 is 0 Å². The first-order valence-electron chi connectivity index (χ1n) is 6.96. The summed E-state index contributed by atoms with van der Waals surface area (Å²) in [5.41, 5.74) is 0. The topological polar surface area (TPSA) is 51.5 Å². The summed E-state index contributed by atoms with van der Waals surface area (Å²) >= 11 is 6.00. The molecule has 4 nitrogen and oxygen atoms in total. The van der Waals surface area contributed by atoms with Gasteiger partial charge < -0.3 is 14.5 Å². The van der Waals surface area contributed by atoms with Gasteiger partial charge in [-0.15, -0.1) is 0 Å². The minimum Gasteiger partial charge on any atom is -0.484 e. The third-order valence-corrected chi connectivity index (χ3v) is 3.65. The van der Waals surface area contributed by atoms with Gasteiger partial charge in [0.25, 0.3) is 5.91 Å². The van der Waals surface area contributed by atoms with Gasteiger partial charge >= 0.3 is 0 Å². The average Bonchev–Trinajstić information content (AvgIpc) is 3.20. The number of nitrogens with one attached hydrogen (secondary N) is 1. The molecule has 1 N–H and O–H groups in total. The number of furan rings is 1. The second kappa shape index (κ2) is 6.22. The Morgan fingerprint density at radius 3 is 2.86 bits per heavy atom. The van der Waals surface area contributed by atoms with E-state index in [0.717, 1.165) is 6.54 Å². The van der Waals surface area contributed by atoms with Gasteiger partial charge in [-0.25, -0.2) is 0 Å². The van der Waals surface area contributed by atoms with Gasteiger partial charge in [0.1, 0.15) is 18.1 Å². The zero-order valence-electron chi connectivity index (χ0n) is 11.5. The van der Waals surface area contributed by atoms with Crippen LogP contribution in [0.2, 0.25) is 5.02 Å². The lowest BCUT2D eigenvalue weighted by atomic mass is 10.3. The first-order chi connectivity index (χ1) is 10.2. The van der Waals surface area contributed by atoms with E-state index in [2.05, 4.69) is 5.32 Å². The maximum Gasteiger partial charge on any atom is 0.287 e. The molecule has 1 fully saturated rings. The van der Waals surface area contributed by atoms with Crippen molar-refractivity contribution in [1.29, 1.82) is 0 Å². The Balaban J connectivity index is 1.54. The molecule has 0 radical (unpaired) electrons. The van der Waals surface area contributed by atoms with Crippen LogP contribution in [0.3, 0.4) is 0 Å². The van der Waals surface area contributed by atoms with Crippen LogP contribution in [0.25, 0.3) is 0 Å². The molecule has 0 unspecified atom stereocenters. The lowest BCUT2D eigenvalue weighted by Gasteiger charge is -2.05. The van der Waals surface area contributed by atoms with Gasteiger partial charge in [0.2, 0.25) is 0 Å². The molecule has 0 aliphatic heterocycles. The Hall–Kier alpha value is -1.94.